The molecule has 0 unspecified atom stereocenters. The maximum Gasteiger partial charge on any atom is 0.310 e. The topological polar surface area (TPSA) is 57.6 Å². The molecule has 1 N–H and O–H groups in total. The number of hydrogen-bond acceptors (Lipinski definition) is 2. The molecule has 104 valence electrons. The molecule has 1 amide bonds. The molecule has 0 radical (unpaired) electrons. The highest BCUT2D eigenvalue weighted by Gasteiger charge is 2.47. The summed E-state index contributed by atoms with van der Waals surface area (Å²) < 4.78 is 0. The van der Waals surface area contributed by atoms with Crippen LogP contribution in [0.2, 0.25) is 0 Å². The maximum absolute atomic E-state index is 12.4. The minimum absolute atomic E-state index is 0.0769. The molecule has 4 nitrogen and oxygen atoms in total. The first-order valence-electron chi connectivity index (χ1n) is 7.05. The predicted molar refractivity (Wildman–Crippen MR) is 71.3 cm³/mol. The Morgan fingerprint density at radius 2 is 1.89 bits per heavy atom. The fourth-order valence-electron chi connectivity index (χ4n) is 3.20. The van der Waals surface area contributed by atoms with Crippen LogP contribution in [0.25, 0.3) is 0 Å². The van der Waals surface area contributed by atoms with Gasteiger partial charge in [-0.25, -0.2) is 0 Å². The molecule has 19 heavy (non-hydrogen) atoms. The van der Waals surface area contributed by atoms with Gasteiger partial charge in [-0.1, -0.05) is 25.2 Å². The number of rotatable bonds is 5. The van der Waals surface area contributed by atoms with E-state index in [9.17, 15) is 14.7 Å². The largest absolute Gasteiger partial charge is 0.481 e. The van der Waals surface area contributed by atoms with Gasteiger partial charge in [0.05, 0.1) is 12.0 Å². The van der Waals surface area contributed by atoms with Crippen LogP contribution in [0.1, 0.15) is 51.4 Å². The second-order valence-electron chi connectivity index (χ2n) is 5.78. The monoisotopic (exact) mass is 263 g/mol. The van der Waals surface area contributed by atoms with Gasteiger partial charge in [0.1, 0.15) is 0 Å². The van der Waals surface area contributed by atoms with Crippen molar-refractivity contribution < 1.29 is 14.7 Å². The molecule has 2 saturated carbocycles. The third-order valence-corrected chi connectivity index (χ3v) is 4.60. The lowest BCUT2D eigenvalue weighted by Gasteiger charge is -2.39. The fourth-order valence-corrected chi connectivity index (χ4v) is 3.20. The van der Waals surface area contributed by atoms with Gasteiger partial charge in [0.2, 0.25) is 5.91 Å². The van der Waals surface area contributed by atoms with Crippen molar-refractivity contribution in [1.29, 1.82) is 0 Å². The van der Waals surface area contributed by atoms with E-state index >= 15 is 0 Å². The maximum atomic E-state index is 12.4. The summed E-state index contributed by atoms with van der Waals surface area (Å²) in [5.41, 5.74) is -0.817. The Morgan fingerprint density at radius 1 is 1.26 bits per heavy atom. The minimum atomic E-state index is -0.834. The first-order valence-corrected chi connectivity index (χ1v) is 7.05. The molecule has 0 aliphatic heterocycles. The van der Waals surface area contributed by atoms with E-state index in [-0.39, 0.29) is 18.4 Å². The molecule has 4 heteroatoms. The van der Waals surface area contributed by atoms with Crippen LogP contribution in [0.15, 0.2) is 0 Å². The third-order valence-electron chi connectivity index (χ3n) is 4.60. The molecule has 0 atom stereocenters. The molecule has 0 aromatic carbocycles. The second kappa shape index (κ2) is 5.64. The van der Waals surface area contributed by atoms with Gasteiger partial charge >= 0.3 is 5.97 Å². The lowest BCUT2D eigenvalue weighted by atomic mass is 9.66. The van der Waals surface area contributed by atoms with E-state index in [1.807, 2.05) is 0 Å². The first-order chi connectivity index (χ1) is 9.09. The molecule has 2 aliphatic rings. The zero-order valence-corrected chi connectivity index (χ0v) is 11.2. The van der Waals surface area contributed by atoms with Crippen molar-refractivity contribution in [3.8, 4) is 12.3 Å². The summed E-state index contributed by atoms with van der Waals surface area (Å²) in [5, 5.41) is 9.30. The summed E-state index contributed by atoms with van der Waals surface area (Å²) in [4.78, 5) is 25.5. The van der Waals surface area contributed by atoms with Crippen LogP contribution in [0.4, 0.5) is 0 Å². The molecule has 0 heterocycles. The van der Waals surface area contributed by atoms with Crippen LogP contribution in [-0.2, 0) is 9.59 Å². The minimum Gasteiger partial charge on any atom is -0.481 e. The van der Waals surface area contributed by atoms with Crippen molar-refractivity contribution in [2.45, 2.75) is 57.4 Å². The van der Waals surface area contributed by atoms with Gasteiger partial charge in [-0.2, -0.15) is 0 Å². The summed E-state index contributed by atoms with van der Waals surface area (Å²) >= 11 is 0. The second-order valence-corrected chi connectivity index (χ2v) is 5.78. The Hall–Kier alpha value is -1.50. The standard InChI is InChI=1S/C15H21NO3/c1-2-10-16(12-6-3-4-7-12)13(17)11-15(14(18)19)8-5-9-15/h1,12H,3-11H2,(H,18,19). The van der Waals surface area contributed by atoms with Crippen molar-refractivity contribution in [3.63, 3.8) is 0 Å². The number of carboxylic acids is 1. The van der Waals surface area contributed by atoms with Crippen molar-refractivity contribution in [3.05, 3.63) is 0 Å². The molecule has 2 rings (SSSR count). The van der Waals surface area contributed by atoms with Crippen molar-refractivity contribution in [2.75, 3.05) is 6.54 Å². The number of carbonyl (C=O) groups is 2. The van der Waals surface area contributed by atoms with Gasteiger partial charge in [0, 0.05) is 12.5 Å². The molecule has 0 aromatic rings. The molecule has 0 spiro atoms. The average molecular weight is 263 g/mol. The van der Waals surface area contributed by atoms with E-state index in [2.05, 4.69) is 5.92 Å². The third kappa shape index (κ3) is 2.75. The molecule has 2 fully saturated rings. The van der Waals surface area contributed by atoms with E-state index in [4.69, 9.17) is 6.42 Å². The highest BCUT2D eigenvalue weighted by atomic mass is 16.4. The van der Waals surface area contributed by atoms with Crippen molar-refractivity contribution >= 4 is 11.9 Å². The fraction of sp³-hybridized carbons (Fsp3) is 0.733. The van der Waals surface area contributed by atoms with Gasteiger partial charge < -0.3 is 10.0 Å². The molecule has 0 saturated heterocycles. The van der Waals surface area contributed by atoms with Gasteiger partial charge in [-0.05, 0) is 25.7 Å². The number of hydrogen-bond donors (Lipinski definition) is 1. The molecular weight excluding hydrogens is 242 g/mol. The summed E-state index contributed by atoms with van der Waals surface area (Å²) in [6.07, 6.45) is 11.8. The number of amides is 1. The van der Waals surface area contributed by atoms with Crippen LogP contribution >= 0.6 is 0 Å². The Kier molecular flexibility index (Phi) is 4.14. The SMILES string of the molecule is C#CCN(C(=O)CC1(C(=O)O)CCC1)C1CCCC1. The average Bonchev–Trinajstić information content (AvgIpc) is 2.83. The predicted octanol–water partition coefficient (Wildman–Crippen LogP) is 2.04. The zero-order valence-electron chi connectivity index (χ0n) is 11.2. The Balaban J connectivity index is 2.03. The van der Waals surface area contributed by atoms with Crippen LogP contribution < -0.4 is 0 Å². The number of carbonyl (C=O) groups excluding carboxylic acids is 1. The van der Waals surface area contributed by atoms with Gasteiger partial charge in [0.25, 0.3) is 0 Å². The highest BCUT2D eigenvalue weighted by molar-refractivity contribution is 5.86. The number of nitrogens with zero attached hydrogens (tertiary/aromatic N) is 1. The van der Waals surface area contributed by atoms with Gasteiger partial charge in [-0.3, -0.25) is 9.59 Å². The van der Waals surface area contributed by atoms with Gasteiger partial charge in [0.15, 0.2) is 0 Å². The molecular formula is C15H21NO3. The van der Waals surface area contributed by atoms with E-state index in [0.717, 1.165) is 32.1 Å². The van der Waals surface area contributed by atoms with Crippen molar-refractivity contribution in [2.24, 2.45) is 5.41 Å². The van der Waals surface area contributed by atoms with Crippen LogP contribution in [0, 0.1) is 17.8 Å². The number of terminal acetylenes is 1. The van der Waals surface area contributed by atoms with Crippen LogP contribution in [0.5, 0.6) is 0 Å². The smallest absolute Gasteiger partial charge is 0.310 e. The Bertz CT molecular complexity index is 400. The lowest BCUT2D eigenvalue weighted by molar-refractivity contribution is -0.160. The normalized spacial score (nSPS) is 21.4. The van der Waals surface area contributed by atoms with Crippen LogP contribution in [-0.4, -0.2) is 34.5 Å². The van der Waals surface area contributed by atoms with E-state index in [1.165, 1.54) is 0 Å². The van der Waals surface area contributed by atoms with E-state index in [0.29, 0.717) is 19.4 Å². The number of aliphatic carboxylic acids is 1. The van der Waals surface area contributed by atoms with Gasteiger partial charge in [-0.15, -0.1) is 6.42 Å². The Morgan fingerprint density at radius 3 is 2.32 bits per heavy atom. The van der Waals surface area contributed by atoms with Crippen LogP contribution in [0.3, 0.4) is 0 Å². The van der Waals surface area contributed by atoms with Crippen molar-refractivity contribution in [1.82, 2.24) is 4.90 Å². The summed E-state index contributed by atoms with van der Waals surface area (Å²) in [6.45, 7) is 0.305. The highest BCUT2D eigenvalue weighted by Crippen LogP contribution is 2.44. The number of carboxylic acid groups (broad SMARTS) is 1. The first kappa shape index (κ1) is 13.9. The molecule has 0 bridgehead atoms. The molecule has 0 aromatic heterocycles. The Labute approximate surface area is 114 Å². The summed E-state index contributed by atoms with van der Waals surface area (Å²) in [6, 6.07) is 0.217. The summed E-state index contributed by atoms with van der Waals surface area (Å²) in [7, 11) is 0. The zero-order chi connectivity index (χ0) is 13.9. The lowest BCUT2D eigenvalue weighted by Crippen LogP contribution is -2.46. The summed E-state index contributed by atoms with van der Waals surface area (Å²) in [5.74, 6) is 1.62. The quantitative estimate of drug-likeness (QED) is 0.772. The molecule has 2 aliphatic carbocycles. The van der Waals surface area contributed by atoms with E-state index < -0.39 is 11.4 Å². The van der Waals surface area contributed by atoms with E-state index in [1.54, 1.807) is 4.90 Å².